The molecule has 186 valence electrons. The molecule has 0 spiro atoms. The minimum Gasteiger partial charge on any atom is -0.393 e. The quantitative estimate of drug-likeness (QED) is 0.624. The highest BCUT2D eigenvalue weighted by Crippen LogP contribution is 2.58. The Morgan fingerprint density at radius 2 is 1.85 bits per heavy atom. The number of fused-ring (bicyclic) bond motifs is 7. The summed E-state index contributed by atoms with van der Waals surface area (Å²) in [4.78, 5) is 39.4. The van der Waals surface area contributed by atoms with Crippen LogP contribution in [-0.2, 0) is 14.4 Å². The highest BCUT2D eigenvalue weighted by molar-refractivity contribution is 5.87. The summed E-state index contributed by atoms with van der Waals surface area (Å²) < 4.78 is 0. The first-order valence-corrected chi connectivity index (χ1v) is 13.6. The van der Waals surface area contributed by atoms with E-state index < -0.39 is 0 Å². The highest BCUT2D eigenvalue weighted by Gasteiger charge is 2.55. The van der Waals surface area contributed by atoms with Crippen LogP contribution in [0.4, 0.5) is 0 Å². The lowest BCUT2D eigenvalue weighted by Gasteiger charge is -2.42. The number of Topliss-reactive ketones (excluding diaryl/α,β-unsaturated/α-hetero) is 2. The van der Waals surface area contributed by atoms with Crippen LogP contribution in [0.2, 0.25) is 0 Å². The van der Waals surface area contributed by atoms with E-state index in [9.17, 15) is 19.5 Å². The van der Waals surface area contributed by atoms with Crippen LogP contribution < -0.4 is 5.32 Å². The normalized spacial score (nSPS) is 42.1. The first kappa shape index (κ1) is 24.9. The molecule has 4 aliphatic carbocycles. The maximum atomic E-state index is 13.7. The number of aliphatic hydroxyl groups excluding tert-OH is 1. The minimum absolute atomic E-state index is 0.0252. The van der Waals surface area contributed by atoms with Crippen LogP contribution in [0.25, 0.3) is 0 Å². The van der Waals surface area contributed by atoms with Crippen molar-refractivity contribution in [3.05, 3.63) is 0 Å². The molecule has 0 heterocycles. The summed E-state index contributed by atoms with van der Waals surface area (Å²) in [5.74, 6) is 2.31. The second-order valence-corrected chi connectivity index (χ2v) is 12.7. The summed E-state index contributed by atoms with van der Waals surface area (Å²) in [6.07, 6.45) is 8.51. The maximum Gasteiger partial charge on any atom is 0.220 e. The first-order valence-electron chi connectivity index (χ1n) is 13.6. The van der Waals surface area contributed by atoms with Gasteiger partial charge >= 0.3 is 0 Å². The average molecular weight is 460 g/mol. The number of nitrogens with one attached hydrogen (secondary N) is 1. The Bertz CT molecular complexity index is 763. The summed E-state index contributed by atoms with van der Waals surface area (Å²) in [7, 11) is 0. The van der Waals surface area contributed by atoms with Crippen molar-refractivity contribution in [3.8, 4) is 0 Å². The van der Waals surface area contributed by atoms with Crippen molar-refractivity contribution >= 4 is 17.5 Å². The number of hydrogen-bond donors (Lipinski definition) is 2. The van der Waals surface area contributed by atoms with Gasteiger partial charge in [-0.25, -0.2) is 0 Å². The van der Waals surface area contributed by atoms with Gasteiger partial charge in [0, 0.05) is 37.1 Å². The third-order valence-electron chi connectivity index (χ3n) is 9.89. The summed E-state index contributed by atoms with van der Waals surface area (Å²) in [5.41, 5.74) is -0.0256. The molecule has 2 N–H and O–H groups in total. The molecule has 4 bridgehead atoms. The molecule has 0 unspecified atom stereocenters. The van der Waals surface area contributed by atoms with Gasteiger partial charge in [-0.05, 0) is 100 Å². The number of carbonyl (C=O) groups excluding carboxylic acids is 3. The second-order valence-electron chi connectivity index (χ2n) is 12.7. The number of carbonyl (C=O) groups is 3. The van der Waals surface area contributed by atoms with Crippen LogP contribution in [0.5, 0.6) is 0 Å². The Kier molecular flexibility index (Phi) is 7.38. The van der Waals surface area contributed by atoms with Crippen LogP contribution in [0, 0.1) is 46.8 Å². The van der Waals surface area contributed by atoms with Crippen LogP contribution in [0.1, 0.15) is 98.3 Å². The van der Waals surface area contributed by atoms with Crippen LogP contribution >= 0.6 is 0 Å². The van der Waals surface area contributed by atoms with E-state index in [2.05, 4.69) is 19.2 Å². The van der Waals surface area contributed by atoms with E-state index in [1.165, 1.54) is 0 Å². The monoisotopic (exact) mass is 459 g/mol. The molecule has 4 fully saturated rings. The van der Waals surface area contributed by atoms with Crippen molar-refractivity contribution in [1.82, 2.24) is 5.32 Å². The molecule has 4 aliphatic rings. The predicted molar refractivity (Wildman–Crippen MR) is 128 cm³/mol. The highest BCUT2D eigenvalue weighted by atomic mass is 16.3. The van der Waals surface area contributed by atoms with Crippen molar-refractivity contribution < 1.29 is 19.5 Å². The molecule has 5 heteroatoms. The van der Waals surface area contributed by atoms with Gasteiger partial charge < -0.3 is 10.4 Å². The lowest BCUT2D eigenvalue weighted by molar-refractivity contribution is -0.129. The molecular weight excluding hydrogens is 414 g/mol. The maximum absolute atomic E-state index is 13.7. The molecule has 0 aliphatic heterocycles. The van der Waals surface area contributed by atoms with E-state index >= 15 is 0 Å². The van der Waals surface area contributed by atoms with Crippen molar-refractivity contribution in [3.63, 3.8) is 0 Å². The fraction of sp³-hybridized carbons (Fsp3) is 0.893. The first-order chi connectivity index (χ1) is 15.6. The molecule has 4 rings (SSSR count). The average Bonchev–Trinajstić information content (AvgIpc) is 3.00. The van der Waals surface area contributed by atoms with E-state index in [1.54, 1.807) is 0 Å². The Morgan fingerprint density at radius 1 is 1.09 bits per heavy atom. The Labute approximate surface area is 199 Å². The minimum atomic E-state index is -0.306. The van der Waals surface area contributed by atoms with Gasteiger partial charge in [-0.2, -0.15) is 0 Å². The Balaban J connectivity index is 1.52. The van der Waals surface area contributed by atoms with Gasteiger partial charge in [0.05, 0.1) is 6.10 Å². The van der Waals surface area contributed by atoms with Crippen molar-refractivity contribution in [1.29, 1.82) is 0 Å². The fourth-order valence-electron chi connectivity index (χ4n) is 8.32. The van der Waals surface area contributed by atoms with Gasteiger partial charge in [0.15, 0.2) is 0 Å². The van der Waals surface area contributed by atoms with Gasteiger partial charge in [0.25, 0.3) is 0 Å². The van der Waals surface area contributed by atoms with Crippen molar-refractivity contribution in [2.24, 2.45) is 46.8 Å². The number of aliphatic hydroxyl groups is 1. The number of rotatable bonds is 5. The lowest BCUT2D eigenvalue weighted by Crippen LogP contribution is -2.39. The van der Waals surface area contributed by atoms with Crippen molar-refractivity contribution in [2.45, 2.75) is 110 Å². The van der Waals surface area contributed by atoms with E-state index in [1.807, 2.05) is 13.8 Å². The summed E-state index contributed by atoms with van der Waals surface area (Å²) in [6, 6.07) is 0.155. The van der Waals surface area contributed by atoms with Gasteiger partial charge in [-0.15, -0.1) is 0 Å². The zero-order chi connectivity index (χ0) is 23.9. The van der Waals surface area contributed by atoms with E-state index in [0.29, 0.717) is 48.6 Å². The predicted octanol–water partition coefficient (Wildman–Crippen LogP) is 4.70. The number of amides is 1. The molecule has 0 aromatic rings. The van der Waals surface area contributed by atoms with Gasteiger partial charge in [0.1, 0.15) is 11.6 Å². The van der Waals surface area contributed by atoms with Crippen molar-refractivity contribution in [2.75, 3.05) is 0 Å². The molecule has 0 saturated heterocycles. The molecular formula is C28H45NO4. The number of ketones is 2. The molecule has 4 saturated carbocycles. The fourth-order valence-corrected chi connectivity index (χ4v) is 8.32. The zero-order valence-corrected chi connectivity index (χ0v) is 21.1. The third kappa shape index (κ3) is 5.23. The number of hydrogen-bond acceptors (Lipinski definition) is 4. The molecule has 9 atom stereocenters. The van der Waals surface area contributed by atoms with Gasteiger partial charge in [-0.3, -0.25) is 14.4 Å². The Hall–Kier alpha value is -1.23. The van der Waals surface area contributed by atoms with Gasteiger partial charge in [0.2, 0.25) is 5.91 Å². The van der Waals surface area contributed by atoms with Crippen LogP contribution in [0.15, 0.2) is 0 Å². The molecule has 0 aromatic heterocycles. The van der Waals surface area contributed by atoms with Crippen LogP contribution in [0.3, 0.4) is 0 Å². The van der Waals surface area contributed by atoms with Crippen LogP contribution in [-0.4, -0.2) is 34.7 Å². The molecule has 33 heavy (non-hydrogen) atoms. The molecule has 0 radical (unpaired) electrons. The van der Waals surface area contributed by atoms with Gasteiger partial charge in [-0.1, -0.05) is 13.8 Å². The zero-order valence-electron chi connectivity index (χ0n) is 21.1. The topological polar surface area (TPSA) is 83.5 Å². The largest absolute Gasteiger partial charge is 0.393 e. The smallest absolute Gasteiger partial charge is 0.220 e. The SMILES string of the molecule is CC(C)NC(=O)CC[C@H](C)[C@@H]1CC[C@H]2C[C@@H]1C(=O)C[C@@H]1[C@@H]2C(=O)C[C@@H]2C[C@@H](O)CC[C@]1(C)C2. The standard InChI is InChI=1S/C28H45NO4/c1-16(2)29-26(33)8-5-17(3)21-7-6-19-13-22(21)24(31)14-23-27(19)25(32)12-18-11-20(30)9-10-28(23,4)15-18/h16-23,27,30H,5-15H2,1-4H3,(H,29,33)/t17-,18-,19-,20-,21-,22-,23+,27+,28+/m0/s1. The summed E-state index contributed by atoms with van der Waals surface area (Å²) in [5, 5.41) is 13.4. The van der Waals surface area contributed by atoms with E-state index in [4.69, 9.17) is 0 Å². The van der Waals surface area contributed by atoms with E-state index in [0.717, 1.165) is 51.4 Å². The van der Waals surface area contributed by atoms with E-state index in [-0.39, 0.29) is 47.1 Å². The molecule has 5 nitrogen and oxygen atoms in total. The lowest BCUT2D eigenvalue weighted by atomic mass is 9.61. The molecule has 1 amide bonds. The summed E-state index contributed by atoms with van der Waals surface area (Å²) >= 11 is 0. The molecule has 0 aromatic carbocycles. The Morgan fingerprint density at radius 3 is 2.58 bits per heavy atom. The third-order valence-corrected chi connectivity index (χ3v) is 9.89. The second kappa shape index (κ2) is 9.79. The summed E-state index contributed by atoms with van der Waals surface area (Å²) in [6.45, 7) is 8.49.